The highest BCUT2D eigenvalue weighted by molar-refractivity contribution is 9.10. The largest absolute Gasteiger partial charge is 0.411 e. The SMILES string of the molecule is Cc1cc(Br)ccc1NC(=O)CNC(=O)CSc1nnc(-c2ccccc2)o1. The Kier molecular flexibility index (Phi) is 6.83. The molecule has 0 saturated carbocycles. The normalized spacial score (nSPS) is 10.5. The summed E-state index contributed by atoms with van der Waals surface area (Å²) < 4.78 is 6.46. The lowest BCUT2D eigenvalue weighted by Gasteiger charge is -2.09. The van der Waals surface area contributed by atoms with Gasteiger partial charge in [-0.05, 0) is 42.8 Å². The molecule has 28 heavy (non-hydrogen) atoms. The van der Waals surface area contributed by atoms with Crippen molar-refractivity contribution in [2.45, 2.75) is 12.1 Å². The summed E-state index contributed by atoms with van der Waals surface area (Å²) in [6.45, 7) is 1.78. The van der Waals surface area contributed by atoms with Crippen molar-refractivity contribution < 1.29 is 14.0 Å². The van der Waals surface area contributed by atoms with Crippen LogP contribution >= 0.6 is 27.7 Å². The Bertz CT molecular complexity index is 978. The van der Waals surface area contributed by atoms with Gasteiger partial charge in [0.15, 0.2) is 0 Å². The molecule has 1 aromatic heterocycles. The molecule has 0 unspecified atom stereocenters. The fourth-order valence-corrected chi connectivity index (χ4v) is 3.35. The van der Waals surface area contributed by atoms with E-state index < -0.39 is 0 Å². The van der Waals surface area contributed by atoms with Crippen LogP contribution in [0.1, 0.15) is 5.56 Å². The van der Waals surface area contributed by atoms with Crippen molar-refractivity contribution in [2.75, 3.05) is 17.6 Å². The summed E-state index contributed by atoms with van der Waals surface area (Å²) in [5.74, 6) is -0.131. The zero-order chi connectivity index (χ0) is 19.9. The number of aromatic nitrogens is 2. The van der Waals surface area contributed by atoms with Crippen LogP contribution < -0.4 is 10.6 Å². The van der Waals surface area contributed by atoms with Gasteiger partial charge >= 0.3 is 0 Å². The lowest BCUT2D eigenvalue weighted by Crippen LogP contribution is -2.34. The first kappa shape index (κ1) is 20.1. The minimum absolute atomic E-state index is 0.0705. The highest BCUT2D eigenvalue weighted by Gasteiger charge is 2.12. The quantitative estimate of drug-likeness (QED) is 0.522. The van der Waals surface area contributed by atoms with Gasteiger partial charge in [0.05, 0.1) is 12.3 Å². The molecule has 0 atom stereocenters. The number of carbonyl (C=O) groups excluding carboxylic acids is 2. The van der Waals surface area contributed by atoms with Crippen LogP contribution in [0.2, 0.25) is 0 Å². The molecule has 0 radical (unpaired) electrons. The zero-order valence-electron chi connectivity index (χ0n) is 14.9. The number of anilines is 1. The van der Waals surface area contributed by atoms with E-state index in [1.807, 2.05) is 49.4 Å². The third-order valence-electron chi connectivity index (χ3n) is 3.66. The number of hydrogen-bond acceptors (Lipinski definition) is 6. The summed E-state index contributed by atoms with van der Waals surface area (Å²) in [5.41, 5.74) is 2.44. The number of hydrogen-bond donors (Lipinski definition) is 2. The number of nitrogens with one attached hydrogen (secondary N) is 2. The van der Waals surface area contributed by atoms with E-state index in [-0.39, 0.29) is 24.1 Å². The average Bonchev–Trinajstić information content (AvgIpc) is 3.17. The summed E-state index contributed by atoms with van der Waals surface area (Å²) in [4.78, 5) is 24.0. The van der Waals surface area contributed by atoms with Crippen LogP contribution in [-0.2, 0) is 9.59 Å². The Morgan fingerprint density at radius 3 is 2.64 bits per heavy atom. The Balaban J connectivity index is 1.43. The number of nitrogens with zero attached hydrogens (tertiary/aromatic N) is 2. The molecular weight excluding hydrogens is 444 g/mol. The molecule has 0 aliphatic rings. The highest BCUT2D eigenvalue weighted by atomic mass is 79.9. The first-order chi connectivity index (χ1) is 13.5. The van der Waals surface area contributed by atoms with Crippen molar-refractivity contribution >= 4 is 45.2 Å². The van der Waals surface area contributed by atoms with Gasteiger partial charge in [0.2, 0.25) is 17.7 Å². The predicted molar refractivity (Wildman–Crippen MR) is 111 cm³/mol. The molecule has 0 fully saturated rings. The van der Waals surface area contributed by atoms with Crippen molar-refractivity contribution in [3.8, 4) is 11.5 Å². The molecule has 0 bridgehead atoms. The molecule has 0 spiro atoms. The lowest BCUT2D eigenvalue weighted by molar-refractivity contribution is -0.122. The maximum atomic E-state index is 12.0. The summed E-state index contributed by atoms with van der Waals surface area (Å²) in [6, 6.07) is 14.9. The summed E-state index contributed by atoms with van der Waals surface area (Å²) in [7, 11) is 0. The van der Waals surface area contributed by atoms with Crippen LogP contribution in [0, 0.1) is 6.92 Å². The van der Waals surface area contributed by atoms with E-state index in [1.54, 1.807) is 6.07 Å². The molecule has 0 aliphatic carbocycles. The molecule has 2 aromatic carbocycles. The second-order valence-corrected chi connectivity index (χ2v) is 7.65. The van der Waals surface area contributed by atoms with Gasteiger partial charge in [-0.1, -0.05) is 45.9 Å². The molecule has 3 aromatic rings. The summed E-state index contributed by atoms with van der Waals surface area (Å²) in [6.07, 6.45) is 0. The second-order valence-electron chi connectivity index (χ2n) is 5.81. The van der Waals surface area contributed by atoms with Gasteiger partial charge in [-0.15, -0.1) is 10.2 Å². The van der Waals surface area contributed by atoms with Crippen LogP contribution in [0.5, 0.6) is 0 Å². The maximum Gasteiger partial charge on any atom is 0.277 e. The first-order valence-corrected chi connectivity index (χ1v) is 10.1. The zero-order valence-corrected chi connectivity index (χ0v) is 17.3. The van der Waals surface area contributed by atoms with Crippen molar-refractivity contribution in [1.29, 1.82) is 0 Å². The fraction of sp³-hybridized carbons (Fsp3) is 0.158. The first-order valence-electron chi connectivity index (χ1n) is 8.35. The Hall–Kier alpha value is -2.65. The molecule has 1 heterocycles. The van der Waals surface area contributed by atoms with Crippen molar-refractivity contribution in [1.82, 2.24) is 15.5 Å². The minimum Gasteiger partial charge on any atom is -0.411 e. The minimum atomic E-state index is -0.299. The van der Waals surface area contributed by atoms with E-state index in [1.165, 1.54) is 0 Å². The van der Waals surface area contributed by atoms with Crippen LogP contribution in [-0.4, -0.2) is 34.3 Å². The molecule has 144 valence electrons. The van der Waals surface area contributed by atoms with Crippen LogP contribution in [0.3, 0.4) is 0 Å². The smallest absolute Gasteiger partial charge is 0.277 e. The van der Waals surface area contributed by atoms with Gasteiger partial charge in [0.1, 0.15) is 0 Å². The Morgan fingerprint density at radius 2 is 1.89 bits per heavy atom. The number of rotatable bonds is 7. The number of halogens is 1. The number of amides is 2. The standard InChI is InChI=1S/C19H17BrN4O3S/c1-12-9-14(20)7-8-15(12)22-16(25)10-21-17(26)11-28-19-24-23-18(27-19)13-5-3-2-4-6-13/h2-9H,10-11H2,1H3,(H,21,26)(H,22,25). The van der Waals surface area contributed by atoms with Gasteiger partial charge in [0, 0.05) is 15.7 Å². The Morgan fingerprint density at radius 1 is 1.11 bits per heavy atom. The van der Waals surface area contributed by atoms with Gasteiger partial charge < -0.3 is 15.1 Å². The summed E-state index contributed by atoms with van der Waals surface area (Å²) in [5, 5.41) is 13.5. The van der Waals surface area contributed by atoms with Crippen LogP contribution in [0.25, 0.3) is 11.5 Å². The molecule has 7 nitrogen and oxygen atoms in total. The van der Waals surface area contributed by atoms with Crippen LogP contribution in [0.4, 0.5) is 5.69 Å². The monoisotopic (exact) mass is 460 g/mol. The Labute approximate surface area is 174 Å². The maximum absolute atomic E-state index is 12.0. The van der Waals surface area contributed by atoms with Crippen molar-refractivity contribution in [2.24, 2.45) is 0 Å². The second kappa shape index (κ2) is 9.52. The van der Waals surface area contributed by atoms with Gasteiger partial charge in [-0.3, -0.25) is 9.59 Å². The third kappa shape index (κ3) is 5.67. The molecule has 0 aliphatic heterocycles. The van der Waals surface area contributed by atoms with Gasteiger partial charge in [-0.25, -0.2) is 0 Å². The molecule has 2 N–H and O–H groups in total. The van der Waals surface area contributed by atoms with Crippen molar-refractivity contribution in [3.05, 3.63) is 58.6 Å². The molecule has 0 saturated heterocycles. The van der Waals surface area contributed by atoms with Crippen molar-refractivity contribution in [3.63, 3.8) is 0 Å². The van der Waals surface area contributed by atoms with Gasteiger partial charge in [-0.2, -0.15) is 0 Å². The number of carbonyl (C=O) groups is 2. The highest BCUT2D eigenvalue weighted by Crippen LogP contribution is 2.22. The molecule has 3 rings (SSSR count). The number of benzene rings is 2. The molecule has 2 amide bonds. The topological polar surface area (TPSA) is 97.1 Å². The van der Waals surface area contributed by atoms with E-state index in [0.717, 1.165) is 27.4 Å². The van der Waals surface area contributed by atoms with E-state index in [0.29, 0.717) is 16.8 Å². The summed E-state index contributed by atoms with van der Waals surface area (Å²) >= 11 is 4.49. The predicted octanol–water partition coefficient (Wildman–Crippen LogP) is 3.65. The number of thioether (sulfide) groups is 1. The van der Waals surface area contributed by atoms with E-state index >= 15 is 0 Å². The fourth-order valence-electron chi connectivity index (χ4n) is 2.28. The van der Waals surface area contributed by atoms with E-state index in [9.17, 15) is 9.59 Å². The van der Waals surface area contributed by atoms with E-state index in [4.69, 9.17) is 4.42 Å². The molecule has 9 heteroatoms. The van der Waals surface area contributed by atoms with Gasteiger partial charge in [0.25, 0.3) is 5.22 Å². The third-order valence-corrected chi connectivity index (χ3v) is 4.97. The van der Waals surface area contributed by atoms with Crippen LogP contribution in [0.15, 0.2) is 62.6 Å². The molecular formula is C19H17BrN4O3S. The lowest BCUT2D eigenvalue weighted by atomic mass is 10.2. The average molecular weight is 461 g/mol. The number of aryl methyl sites for hydroxylation is 1. The van der Waals surface area contributed by atoms with E-state index in [2.05, 4.69) is 36.8 Å².